The van der Waals surface area contributed by atoms with Gasteiger partial charge in [-0.2, -0.15) is 0 Å². The van der Waals surface area contributed by atoms with Gasteiger partial charge in [-0.3, -0.25) is 0 Å². The van der Waals surface area contributed by atoms with Crippen LogP contribution in [0.15, 0.2) is 17.0 Å². The summed E-state index contributed by atoms with van der Waals surface area (Å²) in [5, 5.41) is 4.63. The Morgan fingerprint density at radius 2 is 1.82 bits per heavy atom. The van der Waals surface area contributed by atoms with Gasteiger partial charge in [0.1, 0.15) is 0 Å². The molecule has 0 unspecified atom stereocenters. The second-order valence-electron chi connectivity index (χ2n) is 4.22. The Morgan fingerprint density at radius 1 is 1.18 bits per heavy atom. The van der Waals surface area contributed by atoms with Crippen molar-refractivity contribution in [3.8, 4) is 0 Å². The van der Waals surface area contributed by atoms with Crippen LogP contribution in [-0.2, 0) is 0 Å². The molecular formula is C12H16Cl3NS. The number of halogens is 3. The van der Waals surface area contributed by atoms with Gasteiger partial charge in [0.2, 0.25) is 0 Å². The van der Waals surface area contributed by atoms with E-state index >= 15 is 0 Å². The van der Waals surface area contributed by atoms with Crippen molar-refractivity contribution < 1.29 is 17.7 Å². The molecule has 1 fully saturated rings. The summed E-state index contributed by atoms with van der Waals surface area (Å²) >= 11 is 14.1. The van der Waals surface area contributed by atoms with E-state index in [1.807, 2.05) is 24.8 Å². The van der Waals surface area contributed by atoms with Gasteiger partial charge >= 0.3 is 0 Å². The molecule has 1 aromatic rings. The fourth-order valence-corrected chi connectivity index (χ4v) is 3.71. The van der Waals surface area contributed by atoms with Crippen LogP contribution in [-0.4, -0.2) is 18.3 Å². The van der Waals surface area contributed by atoms with E-state index in [0.29, 0.717) is 5.25 Å². The molecule has 1 heterocycles. The van der Waals surface area contributed by atoms with E-state index in [0.717, 1.165) is 15.6 Å². The fourth-order valence-electron chi connectivity index (χ4n) is 1.91. The first-order valence-electron chi connectivity index (χ1n) is 5.61. The number of piperidine rings is 1. The molecule has 0 saturated carbocycles. The molecule has 0 atom stereocenters. The van der Waals surface area contributed by atoms with Gasteiger partial charge in [0, 0.05) is 28.0 Å². The van der Waals surface area contributed by atoms with Gasteiger partial charge in [0.25, 0.3) is 0 Å². The highest BCUT2D eigenvalue weighted by molar-refractivity contribution is 8.00. The SMILES string of the molecule is Cc1cc(SC2CC[NH2+]CC2)c(Cl)cc1Cl.[Cl-]. The number of quaternary nitrogens is 1. The first-order chi connectivity index (χ1) is 7.66. The summed E-state index contributed by atoms with van der Waals surface area (Å²) in [4.78, 5) is 1.18. The Balaban J connectivity index is 0.00000144. The maximum atomic E-state index is 6.21. The molecule has 1 saturated heterocycles. The highest BCUT2D eigenvalue weighted by Crippen LogP contribution is 2.36. The smallest absolute Gasteiger partial charge is 0.0766 e. The molecule has 0 amide bonds. The van der Waals surface area contributed by atoms with Crippen molar-refractivity contribution in [2.75, 3.05) is 13.1 Å². The molecule has 2 N–H and O–H groups in total. The third-order valence-corrected chi connectivity index (χ3v) is 5.12. The molecule has 1 aliphatic rings. The van der Waals surface area contributed by atoms with Crippen LogP contribution in [0.5, 0.6) is 0 Å². The van der Waals surface area contributed by atoms with Crippen LogP contribution in [0.4, 0.5) is 0 Å². The molecule has 2 rings (SSSR count). The van der Waals surface area contributed by atoms with Gasteiger partial charge in [-0.15, -0.1) is 11.8 Å². The van der Waals surface area contributed by atoms with Crippen molar-refractivity contribution >= 4 is 35.0 Å². The minimum absolute atomic E-state index is 0. The Kier molecular flexibility index (Phi) is 6.46. The standard InChI is InChI=1S/C12H15Cl2NS.ClH/c1-8-6-12(11(14)7-10(8)13)16-9-2-4-15-5-3-9;/h6-7,9,15H,2-5H2,1H3;1H. The summed E-state index contributed by atoms with van der Waals surface area (Å²) in [5.74, 6) is 0. The quantitative estimate of drug-likeness (QED) is 0.821. The first-order valence-corrected chi connectivity index (χ1v) is 7.24. The lowest BCUT2D eigenvalue weighted by Gasteiger charge is -2.20. The minimum atomic E-state index is 0. The largest absolute Gasteiger partial charge is 1.00 e. The lowest BCUT2D eigenvalue weighted by molar-refractivity contribution is -0.661. The predicted octanol–water partition coefficient (Wildman–Crippen LogP) is 0.124. The van der Waals surface area contributed by atoms with Gasteiger partial charge in [0.05, 0.1) is 18.1 Å². The molecule has 0 bridgehead atoms. The molecule has 5 heteroatoms. The van der Waals surface area contributed by atoms with E-state index < -0.39 is 0 Å². The van der Waals surface area contributed by atoms with Crippen molar-refractivity contribution in [1.29, 1.82) is 0 Å². The third kappa shape index (κ3) is 4.22. The fraction of sp³-hybridized carbons (Fsp3) is 0.500. The maximum absolute atomic E-state index is 6.21. The Hall–Kier alpha value is 0.400. The highest BCUT2D eigenvalue weighted by Gasteiger charge is 2.18. The first kappa shape index (κ1) is 15.5. The number of nitrogens with two attached hydrogens (primary N) is 1. The zero-order valence-electron chi connectivity index (χ0n) is 9.68. The number of aryl methyl sites for hydroxylation is 1. The highest BCUT2D eigenvalue weighted by atomic mass is 35.5. The average Bonchev–Trinajstić information content (AvgIpc) is 2.27. The molecule has 0 aliphatic carbocycles. The van der Waals surface area contributed by atoms with Crippen molar-refractivity contribution in [2.45, 2.75) is 29.9 Å². The van der Waals surface area contributed by atoms with E-state index in [1.165, 1.54) is 30.8 Å². The van der Waals surface area contributed by atoms with Crippen molar-refractivity contribution in [1.82, 2.24) is 0 Å². The predicted molar refractivity (Wildman–Crippen MR) is 71.7 cm³/mol. The summed E-state index contributed by atoms with van der Waals surface area (Å²) in [5.41, 5.74) is 1.11. The van der Waals surface area contributed by atoms with Crippen LogP contribution in [0.1, 0.15) is 18.4 Å². The third-order valence-electron chi connectivity index (χ3n) is 2.89. The summed E-state index contributed by atoms with van der Waals surface area (Å²) in [6.45, 7) is 4.50. The number of rotatable bonds is 2. The van der Waals surface area contributed by atoms with Crippen LogP contribution in [0.2, 0.25) is 10.0 Å². The van der Waals surface area contributed by atoms with E-state index in [4.69, 9.17) is 23.2 Å². The van der Waals surface area contributed by atoms with Crippen molar-refractivity contribution in [2.24, 2.45) is 0 Å². The van der Waals surface area contributed by atoms with Crippen LogP contribution < -0.4 is 17.7 Å². The zero-order chi connectivity index (χ0) is 11.5. The molecule has 0 spiro atoms. The number of benzene rings is 1. The van der Waals surface area contributed by atoms with Gasteiger partial charge < -0.3 is 17.7 Å². The molecular weight excluding hydrogens is 297 g/mol. The van der Waals surface area contributed by atoms with Crippen molar-refractivity contribution in [3.05, 3.63) is 27.7 Å². The van der Waals surface area contributed by atoms with Crippen LogP contribution in [0.25, 0.3) is 0 Å². The Bertz CT molecular complexity index is 378. The molecule has 1 aromatic carbocycles. The zero-order valence-corrected chi connectivity index (χ0v) is 12.8. The van der Waals surface area contributed by atoms with Gasteiger partial charge in [-0.25, -0.2) is 0 Å². The van der Waals surface area contributed by atoms with Gasteiger partial charge in [-0.05, 0) is 24.6 Å². The molecule has 1 nitrogen and oxygen atoms in total. The van der Waals surface area contributed by atoms with Crippen LogP contribution >= 0.6 is 35.0 Å². The number of hydrogen-bond acceptors (Lipinski definition) is 1. The van der Waals surface area contributed by atoms with E-state index in [1.54, 1.807) is 0 Å². The van der Waals surface area contributed by atoms with Gasteiger partial charge in [0.15, 0.2) is 0 Å². The Labute approximate surface area is 123 Å². The topological polar surface area (TPSA) is 16.6 Å². The molecule has 0 aromatic heterocycles. The second-order valence-corrected chi connectivity index (χ2v) is 6.37. The number of hydrogen-bond donors (Lipinski definition) is 1. The second kappa shape index (κ2) is 7.10. The minimum Gasteiger partial charge on any atom is -1.00 e. The summed E-state index contributed by atoms with van der Waals surface area (Å²) in [6.07, 6.45) is 2.53. The molecule has 0 radical (unpaired) electrons. The maximum Gasteiger partial charge on any atom is 0.0766 e. The van der Waals surface area contributed by atoms with E-state index in [-0.39, 0.29) is 12.4 Å². The van der Waals surface area contributed by atoms with Gasteiger partial charge in [-0.1, -0.05) is 23.2 Å². The average molecular weight is 313 g/mol. The summed E-state index contributed by atoms with van der Waals surface area (Å²) < 4.78 is 0. The summed E-state index contributed by atoms with van der Waals surface area (Å²) in [6, 6.07) is 3.96. The van der Waals surface area contributed by atoms with Crippen LogP contribution in [0, 0.1) is 6.92 Å². The van der Waals surface area contributed by atoms with Crippen LogP contribution in [0.3, 0.4) is 0 Å². The van der Waals surface area contributed by atoms with Crippen molar-refractivity contribution in [3.63, 3.8) is 0 Å². The van der Waals surface area contributed by atoms with E-state index in [2.05, 4.69) is 11.4 Å². The lowest BCUT2D eigenvalue weighted by atomic mass is 10.2. The number of thioether (sulfide) groups is 1. The summed E-state index contributed by atoms with van der Waals surface area (Å²) in [7, 11) is 0. The monoisotopic (exact) mass is 311 g/mol. The lowest BCUT2D eigenvalue weighted by Crippen LogP contribution is -3.00. The molecule has 96 valence electrons. The normalized spacial score (nSPS) is 16.6. The Morgan fingerprint density at radius 3 is 2.47 bits per heavy atom. The molecule has 1 aliphatic heterocycles. The van der Waals surface area contributed by atoms with E-state index in [9.17, 15) is 0 Å². The molecule has 17 heavy (non-hydrogen) atoms.